The maximum Gasteiger partial charge on any atom is 0.161 e. The Balaban J connectivity index is 2.65. The first-order chi connectivity index (χ1) is 9.15. The highest BCUT2D eigenvalue weighted by Gasteiger charge is 2.23. The second-order valence-corrected chi connectivity index (χ2v) is 4.83. The molecule has 0 heterocycles. The van der Waals surface area contributed by atoms with E-state index in [2.05, 4.69) is 12.2 Å². The van der Waals surface area contributed by atoms with E-state index < -0.39 is 5.54 Å². The monoisotopic (exact) mass is 267 g/mol. The maximum atomic E-state index is 9.43. The Bertz CT molecular complexity index is 370. The molecule has 4 nitrogen and oxygen atoms in total. The van der Waals surface area contributed by atoms with Crippen LogP contribution in [0, 0.1) is 0 Å². The van der Waals surface area contributed by atoms with E-state index >= 15 is 0 Å². The summed E-state index contributed by atoms with van der Waals surface area (Å²) in [6.45, 7) is 7.89. The lowest BCUT2D eigenvalue weighted by Gasteiger charge is -2.28. The number of benzene rings is 1. The van der Waals surface area contributed by atoms with Gasteiger partial charge in [0.05, 0.1) is 18.8 Å². The molecule has 1 atom stereocenters. The predicted molar refractivity (Wildman–Crippen MR) is 76.9 cm³/mol. The molecule has 4 heteroatoms. The molecule has 0 aliphatic rings. The highest BCUT2D eigenvalue weighted by atomic mass is 16.5. The molecular formula is C15H25NO3. The van der Waals surface area contributed by atoms with Crippen LogP contribution in [0.25, 0.3) is 0 Å². The Hall–Kier alpha value is -1.26. The predicted octanol–water partition coefficient (Wildman–Crippen LogP) is 2.21. The lowest BCUT2D eigenvalue weighted by atomic mass is 10.1. The summed E-state index contributed by atoms with van der Waals surface area (Å²) >= 11 is 0. The number of likely N-dealkylation sites (N-methyl/N-ethyl adjacent to an activating group) is 1. The Morgan fingerprint density at radius 1 is 1.16 bits per heavy atom. The van der Waals surface area contributed by atoms with Crippen molar-refractivity contribution >= 4 is 0 Å². The van der Waals surface area contributed by atoms with Crippen LogP contribution in [0.1, 0.15) is 27.2 Å². The minimum absolute atomic E-state index is 0.0266. The first-order valence-electron chi connectivity index (χ1n) is 6.85. The van der Waals surface area contributed by atoms with Crippen LogP contribution in [0.3, 0.4) is 0 Å². The standard InChI is InChI=1S/C15H25NO3/c1-4-10-18-13-8-6-7-9-14(13)19-12-15(3,11-17)16-5-2/h6-9,16-17H,4-5,10-12H2,1-3H3. The zero-order valence-corrected chi connectivity index (χ0v) is 12.1. The first-order valence-corrected chi connectivity index (χ1v) is 6.85. The van der Waals surface area contributed by atoms with E-state index in [-0.39, 0.29) is 6.61 Å². The molecule has 0 saturated heterocycles. The SMILES string of the molecule is CCCOc1ccccc1OCC(C)(CO)NCC. The number of ether oxygens (including phenoxy) is 2. The quantitative estimate of drug-likeness (QED) is 0.720. The number of para-hydroxylation sites is 2. The number of nitrogens with one attached hydrogen (secondary N) is 1. The van der Waals surface area contributed by atoms with Gasteiger partial charge in [0.25, 0.3) is 0 Å². The van der Waals surface area contributed by atoms with Gasteiger partial charge in [-0.1, -0.05) is 26.0 Å². The van der Waals surface area contributed by atoms with E-state index in [9.17, 15) is 5.11 Å². The van der Waals surface area contributed by atoms with Crippen molar-refractivity contribution in [3.63, 3.8) is 0 Å². The average Bonchev–Trinajstić information content (AvgIpc) is 2.44. The van der Waals surface area contributed by atoms with E-state index in [1.807, 2.05) is 38.1 Å². The summed E-state index contributed by atoms with van der Waals surface area (Å²) in [5.74, 6) is 1.47. The first kappa shape index (κ1) is 15.8. The van der Waals surface area contributed by atoms with E-state index in [1.165, 1.54) is 0 Å². The molecule has 108 valence electrons. The van der Waals surface area contributed by atoms with Gasteiger partial charge in [-0.2, -0.15) is 0 Å². The molecule has 1 aromatic carbocycles. The number of rotatable bonds is 9. The van der Waals surface area contributed by atoms with Gasteiger partial charge in [-0.15, -0.1) is 0 Å². The summed E-state index contributed by atoms with van der Waals surface area (Å²) in [7, 11) is 0. The van der Waals surface area contributed by atoms with Crippen molar-refractivity contribution in [2.75, 3.05) is 26.4 Å². The summed E-state index contributed by atoms with van der Waals surface area (Å²) in [5, 5.41) is 12.7. The molecule has 1 rings (SSSR count). The minimum Gasteiger partial charge on any atom is -0.490 e. The van der Waals surface area contributed by atoms with Crippen molar-refractivity contribution < 1.29 is 14.6 Å². The highest BCUT2D eigenvalue weighted by molar-refractivity contribution is 5.39. The van der Waals surface area contributed by atoms with Gasteiger partial charge in [-0.25, -0.2) is 0 Å². The van der Waals surface area contributed by atoms with Gasteiger partial charge in [-0.3, -0.25) is 0 Å². The third kappa shape index (κ3) is 5.09. The Kier molecular flexibility index (Phi) is 6.67. The van der Waals surface area contributed by atoms with Crippen LogP contribution < -0.4 is 14.8 Å². The zero-order chi connectivity index (χ0) is 14.1. The Morgan fingerprint density at radius 2 is 1.79 bits per heavy atom. The molecule has 0 aliphatic heterocycles. The molecule has 0 aromatic heterocycles. The second kappa shape index (κ2) is 8.02. The molecule has 1 aromatic rings. The van der Waals surface area contributed by atoms with E-state index in [0.29, 0.717) is 19.0 Å². The molecular weight excluding hydrogens is 242 g/mol. The van der Waals surface area contributed by atoms with Gasteiger partial charge >= 0.3 is 0 Å². The summed E-state index contributed by atoms with van der Waals surface area (Å²) in [5.41, 5.74) is -0.438. The summed E-state index contributed by atoms with van der Waals surface area (Å²) in [6, 6.07) is 7.62. The van der Waals surface area contributed by atoms with Crippen LogP contribution in [-0.4, -0.2) is 37.0 Å². The average molecular weight is 267 g/mol. The summed E-state index contributed by atoms with van der Waals surface area (Å²) < 4.78 is 11.4. The molecule has 19 heavy (non-hydrogen) atoms. The fourth-order valence-corrected chi connectivity index (χ4v) is 1.72. The molecule has 0 spiro atoms. The molecule has 0 fully saturated rings. The van der Waals surface area contributed by atoms with Gasteiger partial charge in [0.2, 0.25) is 0 Å². The zero-order valence-electron chi connectivity index (χ0n) is 12.1. The largest absolute Gasteiger partial charge is 0.490 e. The smallest absolute Gasteiger partial charge is 0.161 e. The van der Waals surface area contributed by atoms with Crippen molar-refractivity contribution in [1.29, 1.82) is 0 Å². The molecule has 0 radical (unpaired) electrons. The normalized spacial score (nSPS) is 13.9. The van der Waals surface area contributed by atoms with Crippen LogP contribution in [-0.2, 0) is 0 Å². The summed E-state index contributed by atoms with van der Waals surface area (Å²) in [6.07, 6.45) is 0.958. The molecule has 0 saturated carbocycles. The number of hydrogen-bond donors (Lipinski definition) is 2. The van der Waals surface area contributed by atoms with Crippen LogP contribution in [0.5, 0.6) is 11.5 Å². The number of hydrogen-bond acceptors (Lipinski definition) is 4. The lowest BCUT2D eigenvalue weighted by molar-refractivity contribution is 0.115. The number of aliphatic hydroxyl groups excluding tert-OH is 1. The highest BCUT2D eigenvalue weighted by Crippen LogP contribution is 2.27. The van der Waals surface area contributed by atoms with E-state index in [4.69, 9.17) is 9.47 Å². The van der Waals surface area contributed by atoms with Crippen LogP contribution in [0.4, 0.5) is 0 Å². The molecule has 2 N–H and O–H groups in total. The topological polar surface area (TPSA) is 50.7 Å². The maximum absolute atomic E-state index is 9.43. The third-order valence-corrected chi connectivity index (χ3v) is 2.81. The molecule has 0 amide bonds. The van der Waals surface area contributed by atoms with Gasteiger partial charge in [0, 0.05) is 0 Å². The summed E-state index contributed by atoms with van der Waals surface area (Å²) in [4.78, 5) is 0. The van der Waals surface area contributed by atoms with Crippen molar-refractivity contribution in [1.82, 2.24) is 5.32 Å². The Labute approximate surface area is 115 Å². The molecule has 1 unspecified atom stereocenters. The minimum atomic E-state index is -0.438. The van der Waals surface area contributed by atoms with Gasteiger partial charge in [-0.05, 0) is 32.0 Å². The lowest BCUT2D eigenvalue weighted by Crippen LogP contribution is -2.50. The van der Waals surface area contributed by atoms with E-state index in [0.717, 1.165) is 18.7 Å². The molecule has 0 bridgehead atoms. The fraction of sp³-hybridized carbons (Fsp3) is 0.600. The van der Waals surface area contributed by atoms with Gasteiger partial charge in [0.1, 0.15) is 6.61 Å². The van der Waals surface area contributed by atoms with Crippen molar-refractivity contribution in [3.05, 3.63) is 24.3 Å². The Morgan fingerprint density at radius 3 is 2.32 bits per heavy atom. The fourth-order valence-electron chi connectivity index (χ4n) is 1.72. The second-order valence-electron chi connectivity index (χ2n) is 4.83. The van der Waals surface area contributed by atoms with Gasteiger partial charge < -0.3 is 19.9 Å². The molecule has 0 aliphatic carbocycles. The van der Waals surface area contributed by atoms with Crippen LogP contribution in [0.2, 0.25) is 0 Å². The number of aliphatic hydroxyl groups is 1. The van der Waals surface area contributed by atoms with Crippen LogP contribution >= 0.6 is 0 Å². The van der Waals surface area contributed by atoms with Crippen molar-refractivity contribution in [2.45, 2.75) is 32.7 Å². The third-order valence-electron chi connectivity index (χ3n) is 2.81. The van der Waals surface area contributed by atoms with Crippen molar-refractivity contribution in [2.24, 2.45) is 0 Å². The van der Waals surface area contributed by atoms with Crippen molar-refractivity contribution in [3.8, 4) is 11.5 Å². The van der Waals surface area contributed by atoms with Gasteiger partial charge in [0.15, 0.2) is 11.5 Å². The van der Waals surface area contributed by atoms with Crippen LogP contribution in [0.15, 0.2) is 24.3 Å². The van der Waals surface area contributed by atoms with E-state index in [1.54, 1.807) is 0 Å².